The van der Waals surface area contributed by atoms with Gasteiger partial charge in [0.05, 0.1) is 24.1 Å². The number of aromatic nitrogens is 1. The molecule has 0 bridgehead atoms. The van der Waals surface area contributed by atoms with Crippen LogP contribution in [-0.4, -0.2) is 49.1 Å². The zero-order valence-electron chi connectivity index (χ0n) is 15.2. The van der Waals surface area contributed by atoms with E-state index in [0.717, 1.165) is 17.8 Å². The fourth-order valence-electron chi connectivity index (χ4n) is 3.05. The summed E-state index contributed by atoms with van der Waals surface area (Å²) in [6.45, 7) is 1.79. The van der Waals surface area contributed by atoms with Crippen molar-refractivity contribution < 1.29 is 22.7 Å². The van der Waals surface area contributed by atoms with Crippen molar-refractivity contribution >= 4 is 23.3 Å². The molecule has 28 heavy (non-hydrogen) atoms. The van der Waals surface area contributed by atoms with Crippen molar-refractivity contribution in [2.45, 2.75) is 12.6 Å². The van der Waals surface area contributed by atoms with Crippen LogP contribution in [0, 0.1) is 0 Å². The highest BCUT2D eigenvalue weighted by Crippen LogP contribution is 2.33. The Hall–Kier alpha value is -2.48. The summed E-state index contributed by atoms with van der Waals surface area (Å²) < 4.78 is 43.4. The maximum absolute atomic E-state index is 12.7. The molecule has 0 radical (unpaired) electrons. The molecule has 1 aromatic heterocycles. The van der Waals surface area contributed by atoms with Crippen LogP contribution in [0.3, 0.4) is 0 Å². The molecule has 150 valence electrons. The van der Waals surface area contributed by atoms with Gasteiger partial charge in [0.2, 0.25) is 5.91 Å². The van der Waals surface area contributed by atoms with Crippen LogP contribution in [0.15, 0.2) is 36.5 Å². The Labute approximate surface area is 165 Å². The number of hydrogen-bond acceptors (Lipinski definition) is 4. The predicted octanol–water partition coefficient (Wildman–Crippen LogP) is 3.65. The molecule has 0 unspecified atom stereocenters. The Morgan fingerprint density at radius 3 is 2.54 bits per heavy atom. The average molecular weight is 414 g/mol. The molecule has 3 rings (SSSR count). The maximum atomic E-state index is 12.7. The number of halogens is 4. The first-order valence-corrected chi connectivity index (χ1v) is 9.04. The predicted molar refractivity (Wildman–Crippen MR) is 99.7 cm³/mol. The van der Waals surface area contributed by atoms with Crippen molar-refractivity contribution in [2.75, 3.05) is 38.2 Å². The molecule has 9 heteroatoms. The number of alkyl halides is 3. The molecule has 0 spiro atoms. The number of amides is 1. The van der Waals surface area contributed by atoms with E-state index in [0.29, 0.717) is 37.7 Å². The second kappa shape index (κ2) is 8.26. The van der Waals surface area contributed by atoms with Crippen LogP contribution >= 0.6 is 11.6 Å². The molecule has 2 heterocycles. The molecule has 1 aliphatic heterocycles. The average Bonchev–Trinajstić information content (AvgIpc) is 2.67. The van der Waals surface area contributed by atoms with Crippen LogP contribution in [0.2, 0.25) is 5.02 Å². The summed E-state index contributed by atoms with van der Waals surface area (Å²) in [6.07, 6.45) is -3.45. The summed E-state index contributed by atoms with van der Waals surface area (Å²) >= 11 is 6.01. The van der Waals surface area contributed by atoms with Crippen LogP contribution in [-0.2, 0) is 17.4 Å². The van der Waals surface area contributed by atoms with E-state index in [1.165, 1.54) is 0 Å². The maximum Gasteiger partial charge on any atom is 0.417 e. The van der Waals surface area contributed by atoms with Gasteiger partial charge in [-0.3, -0.25) is 4.79 Å². The van der Waals surface area contributed by atoms with Gasteiger partial charge >= 0.3 is 6.18 Å². The second-order valence-corrected chi connectivity index (χ2v) is 6.83. The molecule has 1 amide bonds. The lowest BCUT2D eigenvalue weighted by atomic mass is 10.1. The third-order valence-corrected chi connectivity index (χ3v) is 4.85. The fourth-order valence-corrected chi connectivity index (χ4v) is 3.34. The van der Waals surface area contributed by atoms with E-state index < -0.39 is 11.7 Å². The zero-order valence-corrected chi connectivity index (χ0v) is 15.9. The van der Waals surface area contributed by atoms with Crippen molar-refractivity contribution in [2.24, 2.45) is 0 Å². The minimum Gasteiger partial charge on any atom is -0.497 e. The number of ether oxygens (including phenoxy) is 1. The minimum atomic E-state index is -4.49. The number of piperazine rings is 1. The number of methoxy groups -OCH3 is 1. The summed E-state index contributed by atoms with van der Waals surface area (Å²) in [6, 6.07) is 8.21. The topological polar surface area (TPSA) is 45.7 Å². The van der Waals surface area contributed by atoms with Crippen LogP contribution in [0.1, 0.15) is 11.1 Å². The van der Waals surface area contributed by atoms with E-state index in [1.54, 1.807) is 16.9 Å². The van der Waals surface area contributed by atoms with Gasteiger partial charge in [0.1, 0.15) is 11.6 Å². The first-order valence-electron chi connectivity index (χ1n) is 8.66. The highest BCUT2D eigenvalue weighted by Gasteiger charge is 2.32. The van der Waals surface area contributed by atoms with E-state index in [2.05, 4.69) is 4.98 Å². The summed E-state index contributed by atoms with van der Waals surface area (Å²) in [7, 11) is 1.57. The van der Waals surface area contributed by atoms with E-state index in [1.807, 2.05) is 24.3 Å². The highest BCUT2D eigenvalue weighted by molar-refractivity contribution is 6.33. The number of pyridine rings is 1. The summed E-state index contributed by atoms with van der Waals surface area (Å²) in [5, 5.41) is -0.0500. The number of carbonyl (C=O) groups is 1. The lowest BCUT2D eigenvalue weighted by Gasteiger charge is -2.36. The standard InChI is InChI=1S/C19H19ClF3N3O2/c1-28-15-4-2-3-13(9-15)10-17(27)25-5-7-26(8-6-25)18-16(20)11-14(12-24-18)19(21,22)23/h2-4,9,11-12H,5-8,10H2,1H3. The molecule has 1 saturated heterocycles. The SMILES string of the molecule is COc1cccc(CC(=O)N2CCN(c3ncc(C(F)(F)F)cc3Cl)CC2)c1. The van der Waals surface area contributed by atoms with Crippen molar-refractivity contribution in [3.8, 4) is 5.75 Å². The van der Waals surface area contributed by atoms with Gasteiger partial charge in [-0.05, 0) is 23.8 Å². The van der Waals surface area contributed by atoms with Gasteiger partial charge < -0.3 is 14.5 Å². The number of hydrogen-bond donors (Lipinski definition) is 0. The van der Waals surface area contributed by atoms with Gasteiger partial charge in [-0.15, -0.1) is 0 Å². The molecule has 1 aliphatic rings. The van der Waals surface area contributed by atoms with Crippen molar-refractivity contribution in [1.82, 2.24) is 9.88 Å². The first kappa shape index (κ1) is 20.3. The fraction of sp³-hybridized carbons (Fsp3) is 0.368. The van der Waals surface area contributed by atoms with Gasteiger partial charge in [-0.1, -0.05) is 23.7 Å². The molecular formula is C19H19ClF3N3O2. The third kappa shape index (κ3) is 4.67. The Balaban J connectivity index is 1.60. The van der Waals surface area contributed by atoms with E-state index >= 15 is 0 Å². The zero-order chi connectivity index (χ0) is 20.3. The second-order valence-electron chi connectivity index (χ2n) is 6.42. The lowest BCUT2D eigenvalue weighted by Crippen LogP contribution is -2.49. The van der Waals surface area contributed by atoms with Crippen molar-refractivity contribution in [1.29, 1.82) is 0 Å². The number of rotatable bonds is 4. The Bertz CT molecular complexity index is 853. The summed E-state index contributed by atoms with van der Waals surface area (Å²) in [4.78, 5) is 19.9. The normalized spacial score (nSPS) is 14.9. The van der Waals surface area contributed by atoms with Gasteiger partial charge in [0.25, 0.3) is 0 Å². The summed E-state index contributed by atoms with van der Waals surface area (Å²) in [5.41, 5.74) is -0.0208. The van der Waals surface area contributed by atoms with Crippen LogP contribution < -0.4 is 9.64 Å². The van der Waals surface area contributed by atoms with Crippen LogP contribution in [0.25, 0.3) is 0 Å². The quantitative estimate of drug-likeness (QED) is 0.767. The molecule has 0 saturated carbocycles. The van der Waals surface area contributed by atoms with Crippen LogP contribution in [0.5, 0.6) is 5.75 Å². The highest BCUT2D eigenvalue weighted by atomic mass is 35.5. The number of anilines is 1. The van der Waals surface area contributed by atoms with Crippen molar-refractivity contribution in [3.05, 3.63) is 52.7 Å². The molecule has 2 aromatic rings. The molecular weight excluding hydrogens is 395 g/mol. The monoisotopic (exact) mass is 413 g/mol. The Kier molecular flexibility index (Phi) is 5.98. The van der Waals surface area contributed by atoms with Gasteiger partial charge in [-0.25, -0.2) is 4.98 Å². The van der Waals surface area contributed by atoms with E-state index in [-0.39, 0.29) is 17.4 Å². The van der Waals surface area contributed by atoms with Crippen molar-refractivity contribution in [3.63, 3.8) is 0 Å². The van der Waals surface area contributed by atoms with Crippen LogP contribution in [0.4, 0.5) is 19.0 Å². The molecule has 5 nitrogen and oxygen atoms in total. The molecule has 1 aromatic carbocycles. The smallest absolute Gasteiger partial charge is 0.417 e. The van der Waals surface area contributed by atoms with E-state index in [4.69, 9.17) is 16.3 Å². The van der Waals surface area contributed by atoms with E-state index in [9.17, 15) is 18.0 Å². The summed E-state index contributed by atoms with van der Waals surface area (Å²) in [5.74, 6) is 0.979. The molecule has 0 aliphatic carbocycles. The first-order chi connectivity index (χ1) is 13.3. The Morgan fingerprint density at radius 2 is 1.93 bits per heavy atom. The molecule has 0 N–H and O–H groups in total. The number of benzene rings is 1. The molecule has 0 atom stereocenters. The lowest BCUT2D eigenvalue weighted by molar-refractivity contribution is -0.137. The minimum absolute atomic E-state index is 0.0145. The van der Waals surface area contributed by atoms with Gasteiger partial charge in [-0.2, -0.15) is 13.2 Å². The van der Waals surface area contributed by atoms with Gasteiger partial charge in [0, 0.05) is 32.4 Å². The number of nitrogens with zero attached hydrogens (tertiary/aromatic N) is 3. The third-order valence-electron chi connectivity index (χ3n) is 4.57. The largest absolute Gasteiger partial charge is 0.497 e. The van der Waals surface area contributed by atoms with Gasteiger partial charge in [0.15, 0.2) is 0 Å². The Morgan fingerprint density at radius 1 is 1.21 bits per heavy atom. The number of carbonyl (C=O) groups excluding carboxylic acids is 1. The molecule has 1 fully saturated rings.